The topological polar surface area (TPSA) is 54.5 Å². The number of amides is 2. The van der Waals surface area contributed by atoms with Gasteiger partial charge in [0, 0.05) is 11.1 Å². The number of carbonyl (C=O) groups is 3. The van der Waals surface area contributed by atoms with Gasteiger partial charge >= 0.3 is 5.91 Å². The highest BCUT2D eigenvalue weighted by Crippen LogP contribution is 2.18. The van der Waals surface area contributed by atoms with Crippen LogP contribution in [-0.4, -0.2) is 17.6 Å². The first-order valence-corrected chi connectivity index (χ1v) is 7.22. The summed E-state index contributed by atoms with van der Waals surface area (Å²) in [4.78, 5) is 38.5. The third kappa shape index (κ3) is 3.61. The van der Waals surface area contributed by atoms with Crippen LogP contribution in [-0.2, 0) is 9.59 Å². The second kappa shape index (κ2) is 7.31. The molecule has 0 heterocycles. The smallest absolute Gasteiger partial charge is 0.283 e. The van der Waals surface area contributed by atoms with Gasteiger partial charge in [-0.05, 0) is 26.0 Å². The first-order valence-electron chi connectivity index (χ1n) is 7.22. The Balaban J connectivity index is 2.44. The summed E-state index contributed by atoms with van der Waals surface area (Å²) in [5.41, 5.74) is 1.01. The molecule has 2 aromatic rings. The van der Waals surface area contributed by atoms with Crippen molar-refractivity contribution >= 4 is 23.3 Å². The Hall–Kier alpha value is -3.01. The summed E-state index contributed by atoms with van der Waals surface area (Å²) in [6.07, 6.45) is 1.61. The minimum Gasteiger partial charge on any atom is -0.283 e. The zero-order chi connectivity index (χ0) is 16.8. The molecule has 0 atom stereocenters. The van der Waals surface area contributed by atoms with E-state index >= 15 is 0 Å². The van der Waals surface area contributed by atoms with E-state index in [4.69, 9.17) is 0 Å². The van der Waals surface area contributed by atoms with Crippen LogP contribution in [0.2, 0.25) is 0 Å². The molecule has 0 spiro atoms. The molecule has 4 heteroatoms. The lowest BCUT2D eigenvalue weighted by atomic mass is 10.1. The van der Waals surface area contributed by atoms with Gasteiger partial charge in [0.2, 0.25) is 0 Å². The summed E-state index contributed by atoms with van der Waals surface area (Å²) in [5.74, 6) is -2.09. The number of para-hydroxylation sites is 1. The van der Waals surface area contributed by atoms with Crippen LogP contribution >= 0.6 is 0 Å². The lowest BCUT2D eigenvalue weighted by Gasteiger charge is -2.20. The van der Waals surface area contributed by atoms with Crippen LogP contribution in [0.3, 0.4) is 0 Å². The van der Waals surface area contributed by atoms with Crippen molar-refractivity contribution in [1.29, 1.82) is 0 Å². The monoisotopic (exact) mass is 307 g/mol. The molecular weight excluding hydrogens is 290 g/mol. The number of Topliss-reactive ketones (excluding diaryl/α,β-unsaturated/α-hetero) is 1. The van der Waals surface area contributed by atoms with Gasteiger partial charge in [-0.1, -0.05) is 54.6 Å². The summed E-state index contributed by atoms with van der Waals surface area (Å²) in [5, 5.41) is 0. The maximum Gasteiger partial charge on any atom is 0.306 e. The molecule has 0 aliphatic carbocycles. The van der Waals surface area contributed by atoms with Gasteiger partial charge in [0.25, 0.3) is 11.7 Å². The van der Waals surface area contributed by atoms with Gasteiger partial charge < -0.3 is 0 Å². The quantitative estimate of drug-likeness (QED) is 0.494. The Labute approximate surface area is 135 Å². The van der Waals surface area contributed by atoms with Crippen LogP contribution in [0.1, 0.15) is 24.2 Å². The molecule has 0 radical (unpaired) electrons. The Morgan fingerprint density at radius 2 is 1.35 bits per heavy atom. The molecule has 0 aliphatic rings. The predicted octanol–water partition coefficient (Wildman–Crippen LogP) is 3.40. The van der Waals surface area contributed by atoms with E-state index in [0.29, 0.717) is 11.3 Å². The minimum atomic E-state index is -0.867. The zero-order valence-corrected chi connectivity index (χ0v) is 13.0. The van der Waals surface area contributed by atoms with E-state index in [1.807, 2.05) is 0 Å². The lowest BCUT2D eigenvalue weighted by Crippen LogP contribution is -2.41. The number of benzene rings is 2. The van der Waals surface area contributed by atoms with Crippen molar-refractivity contribution in [2.75, 3.05) is 4.90 Å². The molecule has 4 nitrogen and oxygen atoms in total. The van der Waals surface area contributed by atoms with Crippen molar-refractivity contribution < 1.29 is 14.4 Å². The summed E-state index contributed by atoms with van der Waals surface area (Å²) in [6, 6.07) is 16.6. The van der Waals surface area contributed by atoms with Gasteiger partial charge in [-0.2, -0.15) is 0 Å². The van der Waals surface area contributed by atoms with E-state index in [9.17, 15) is 14.4 Å². The lowest BCUT2D eigenvalue weighted by molar-refractivity contribution is -0.122. The molecule has 2 amide bonds. The fourth-order valence-corrected chi connectivity index (χ4v) is 2.02. The van der Waals surface area contributed by atoms with E-state index in [1.54, 1.807) is 80.6 Å². The average Bonchev–Trinajstić information content (AvgIpc) is 2.62. The zero-order valence-electron chi connectivity index (χ0n) is 13.0. The van der Waals surface area contributed by atoms with Crippen molar-refractivity contribution in [1.82, 2.24) is 0 Å². The molecule has 2 rings (SSSR count). The molecule has 23 heavy (non-hydrogen) atoms. The number of hydrogen-bond donors (Lipinski definition) is 0. The van der Waals surface area contributed by atoms with E-state index in [-0.39, 0.29) is 5.56 Å². The molecule has 0 bridgehead atoms. The van der Waals surface area contributed by atoms with E-state index in [2.05, 4.69) is 0 Å². The van der Waals surface area contributed by atoms with Gasteiger partial charge in [0.15, 0.2) is 0 Å². The molecule has 0 saturated heterocycles. The molecule has 0 saturated carbocycles. The number of allylic oxidation sites excluding steroid dienone is 1. The largest absolute Gasteiger partial charge is 0.306 e. The highest BCUT2D eigenvalue weighted by Gasteiger charge is 2.30. The number of ketones is 1. The van der Waals surface area contributed by atoms with Crippen LogP contribution in [0.15, 0.2) is 72.3 Å². The Morgan fingerprint density at radius 3 is 1.87 bits per heavy atom. The Kier molecular flexibility index (Phi) is 5.20. The summed E-state index contributed by atoms with van der Waals surface area (Å²) < 4.78 is 0. The number of imide groups is 1. The number of carbonyl (C=O) groups excluding carboxylic acids is 3. The van der Waals surface area contributed by atoms with Crippen LogP contribution < -0.4 is 4.90 Å². The van der Waals surface area contributed by atoms with E-state index in [1.165, 1.54) is 0 Å². The SMILES string of the molecule is C/C=C(\C)C(=O)N(C(=O)C(=O)c1ccccc1)c1ccccc1. The van der Waals surface area contributed by atoms with Crippen molar-refractivity contribution in [3.63, 3.8) is 0 Å². The normalized spacial score (nSPS) is 11.0. The molecule has 0 aliphatic heterocycles. The van der Waals surface area contributed by atoms with Gasteiger partial charge in [-0.15, -0.1) is 0 Å². The highest BCUT2D eigenvalue weighted by atomic mass is 16.2. The van der Waals surface area contributed by atoms with E-state index < -0.39 is 17.6 Å². The Bertz CT molecular complexity index is 749. The van der Waals surface area contributed by atoms with Gasteiger partial charge in [0.1, 0.15) is 0 Å². The van der Waals surface area contributed by atoms with Crippen LogP contribution in [0.4, 0.5) is 5.69 Å². The third-order valence-electron chi connectivity index (χ3n) is 3.42. The highest BCUT2D eigenvalue weighted by molar-refractivity contribution is 6.51. The summed E-state index contributed by atoms with van der Waals surface area (Å²) >= 11 is 0. The van der Waals surface area contributed by atoms with Crippen LogP contribution in [0.5, 0.6) is 0 Å². The van der Waals surface area contributed by atoms with Crippen molar-refractivity contribution in [2.24, 2.45) is 0 Å². The third-order valence-corrected chi connectivity index (χ3v) is 3.42. The standard InChI is InChI=1S/C19H17NO3/c1-3-14(2)18(22)20(16-12-8-5-9-13-16)19(23)17(21)15-10-6-4-7-11-15/h3-13H,1-2H3/b14-3+. The first-order chi connectivity index (χ1) is 11.1. The fraction of sp³-hybridized carbons (Fsp3) is 0.105. The second-order valence-corrected chi connectivity index (χ2v) is 4.95. The van der Waals surface area contributed by atoms with Gasteiger partial charge in [0.05, 0.1) is 5.69 Å². The maximum absolute atomic E-state index is 12.6. The first kappa shape index (κ1) is 16.4. The molecule has 0 unspecified atom stereocenters. The number of rotatable bonds is 4. The molecule has 2 aromatic carbocycles. The van der Waals surface area contributed by atoms with Crippen LogP contribution in [0, 0.1) is 0 Å². The van der Waals surface area contributed by atoms with Crippen molar-refractivity contribution in [3.8, 4) is 0 Å². The predicted molar refractivity (Wildman–Crippen MR) is 89.1 cm³/mol. The van der Waals surface area contributed by atoms with Gasteiger partial charge in [-0.25, -0.2) is 4.90 Å². The maximum atomic E-state index is 12.6. The van der Waals surface area contributed by atoms with Gasteiger partial charge in [-0.3, -0.25) is 14.4 Å². The molecule has 0 fully saturated rings. The molecule has 116 valence electrons. The number of anilines is 1. The molecular formula is C19H17NO3. The van der Waals surface area contributed by atoms with Crippen LogP contribution in [0.25, 0.3) is 0 Å². The van der Waals surface area contributed by atoms with Crippen molar-refractivity contribution in [2.45, 2.75) is 13.8 Å². The Morgan fingerprint density at radius 1 is 0.826 bits per heavy atom. The average molecular weight is 307 g/mol. The minimum absolute atomic E-state index is 0.254. The summed E-state index contributed by atoms with van der Waals surface area (Å²) in [7, 11) is 0. The number of nitrogens with zero attached hydrogens (tertiary/aromatic N) is 1. The number of hydrogen-bond acceptors (Lipinski definition) is 3. The fourth-order valence-electron chi connectivity index (χ4n) is 2.02. The van der Waals surface area contributed by atoms with E-state index in [0.717, 1.165) is 4.90 Å². The molecule has 0 aromatic heterocycles. The summed E-state index contributed by atoms with van der Waals surface area (Å²) in [6.45, 7) is 3.32. The van der Waals surface area contributed by atoms with Crippen molar-refractivity contribution in [3.05, 3.63) is 77.9 Å². The molecule has 0 N–H and O–H groups in total. The second-order valence-electron chi connectivity index (χ2n) is 4.95.